The van der Waals surface area contributed by atoms with Gasteiger partial charge in [0, 0.05) is 17.5 Å². The van der Waals surface area contributed by atoms with Gasteiger partial charge in [-0.15, -0.1) is 0 Å². The lowest BCUT2D eigenvalue weighted by molar-refractivity contribution is 0.0526. The number of ether oxygens (including phenoxy) is 1. The Morgan fingerprint density at radius 3 is 2.53 bits per heavy atom. The van der Waals surface area contributed by atoms with E-state index in [-0.39, 0.29) is 18.0 Å². The van der Waals surface area contributed by atoms with Crippen LogP contribution in [0.3, 0.4) is 0 Å². The van der Waals surface area contributed by atoms with Gasteiger partial charge in [-0.25, -0.2) is 4.79 Å². The Hall–Kier alpha value is -4.37. The summed E-state index contributed by atoms with van der Waals surface area (Å²) in [7, 11) is 0. The number of nitrogens with zero attached hydrogens (tertiary/aromatic N) is 2. The zero-order valence-electron chi connectivity index (χ0n) is 18.7. The molecule has 0 radical (unpaired) electrons. The van der Waals surface area contributed by atoms with E-state index in [1.807, 2.05) is 54.6 Å². The summed E-state index contributed by atoms with van der Waals surface area (Å²) < 4.78 is 5.04. The van der Waals surface area contributed by atoms with Crippen LogP contribution in [0, 0.1) is 11.8 Å². The number of anilines is 1. The highest BCUT2D eigenvalue weighted by molar-refractivity contribution is 6.09. The summed E-state index contributed by atoms with van der Waals surface area (Å²) >= 11 is 0. The Morgan fingerprint density at radius 2 is 1.74 bits per heavy atom. The number of carbonyl (C=O) groups excluding carboxylic acids is 2. The standard InChI is InChI=1S/C28H22N2O4/c1-2-33-28(32)22-15-12-20(13-16-22)25-17-23(34-29-25)18-30-26-10-6-4-8-21(26)14-11-19-7-3-5-9-24(19)27(30)31/h3-10,12-13,15-16,23H,2,17-18H2,1H3. The first-order chi connectivity index (χ1) is 16.6. The molecule has 0 fully saturated rings. The zero-order chi connectivity index (χ0) is 23.5. The van der Waals surface area contributed by atoms with Crippen molar-refractivity contribution in [3.8, 4) is 11.8 Å². The second-order valence-electron chi connectivity index (χ2n) is 8.00. The number of hydrogen-bond acceptors (Lipinski definition) is 5. The van der Waals surface area contributed by atoms with Crippen molar-refractivity contribution in [2.24, 2.45) is 5.16 Å². The first-order valence-electron chi connectivity index (χ1n) is 11.2. The van der Waals surface area contributed by atoms with Crippen molar-refractivity contribution in [2.45, 2.75) is 19.4 Å². The molecule has 6 nitrogen and oxygen atoms in total. The van der Waals surface area contributed by atoms with Gasteiger partial charge in [-0.1, -0.05) is 53.4 Å². The first kappa shape index (κ1) is 21.5. The smallest absolute Gasteiger partial charge is 0.338 e. The summed E-state index contributed by atoms with van der Waals surface area (Å²) in [5.41, 5.74) is 4.95. The van der Waals surface area contributed by atoms with E-state index < -0.39 is 0 Å². The molecular weight excluding hydrogens is 428 g/mol. The largest absolute Gasteiger partial charge is 0.462 e. The second kappa shape index (κ2) is 9.24. The van der Waals surface area contributed by atoms with Crippen molar-refractivity contribution >= 4 is 23.3 Å². The maximum absolute atomic E-state index is 13.6. The number of para-hydroxylation sites is 1. The molecule has 0 spiro atoms. The van der Waals surface area contributed by atoms with Gasteiger partial charge < -0.3 is 14.5 Å². The Labute approximate surface area is 197 Å². The average molecular weight is 450 g/mol. The number of carbonyl (C=O) groups is 2. The maximum atomic E-state index is 13.6. The molecule has 3 aromatic carbocycles. The fraction of sp³-hybridized carbons (Fsp3) is 0.179. The third-order valence-corrected chi connectivity index (χ3v) is 5.78. The van der Waals surface area contributed by atoms with Gasteiger partial charge in [0.2, 0.25) is 0 Å². The number of amides is 1. The molecule has 0 aromatic heterocycles. The number of hydrogen-bond donors (Lipinski definition) is 0. The van der Waals surface area contributed by atoms with Gasteiger partial charge in [0.05, 0.1) is 35.7 Å². The van der Waals surface area contributed by atoms with Crippen LogP contribution in [0.1, 0.15) is 50.8 Å². The molecule has 2 heterocycles. The highest BCUT2D eigenvalue weighted by atomic mass is 16.6. The van der Waals surface area contributed by atoms with Crippen LogP contribution in [0.15, 0.2) is 78.0 Å². The highest BCUT2D eigenvalue weighted by Crippen LogP contribution is 2.27. The molecule has 6 heteroatoms. The van der Waals surface area contributed by atoms with E-state index in [0.29, 0.717) is 36.3 Å². The molecule has 0 aliphatic carbocycles. The normalized spacial score (nSPS) is 16.1. The van der Waals surface area contributed by atoms with Crippen LogP contribution in [0.4, 0.5) is 5.69 Å². The summed E-state index contributed by atoms with van der Waals surface area (Å²) in [5.74, 6) is 5.86. The van der Waals surface area contributed by atoms with Gasteiger partial charge >= 0.3 is 5.97 Å². The summed E-state index contributed by atoms with van der Waals surface area (Å²) in [6.45, 7) is 2.44. The van der Waals surface area contributed by atoms with Crippen LogP contribution in [-0.4, -0.2) is 36.8 Å². The van der Waals surface area contributed by atoms with Crippen LogP contribution in [0.25, 0.3) is 0 Å². The summed E-state index contributed by atoms with van der Waals surface area (Å²) in [5, 5.41) is 4.27. The minimum Gasteiger partial charge on any atom is -0.462 e. The molecule has 3 aromatic rings. The van der Waals surface area contributed by atoms with Gasteiger partial charge in [-0.3, -0.25) is 4.79 Å². The van der Waals surface area contributed by atoms with Crippen LogP contribution in [-0.2, 0) is 9.57 Å². The van der Waals surface area contributed by atoms with Gasteiger partial charge in [0.25, 0.3) is 5.91 Å². The number of esters is 1. The maximum Gasteiger partial charge on any atom is 0.338 e. The summed E-state index contributed by atoms with van der Waals surface area (Å²) in [4.78, 5) is 32.9. The van der Waals surface area contributed by atoms with E-state index in [1.54, 1.807) is 30.0 Å². The van der Waals surface area contributed by atoms with E-state index in [9.17, 15) is 9.59 Å². The van der Waals surface area contributed by atoms with Crippen molar-refractivity contribution in [3.05, 3.63) is 101 Å². The van der Waals surface area contributed by atoms with E-state index in [4.69, 9.17) is 9.57 Å². The molecule has 0 N–H and O–H groups in total. The van der Waals surface area contributed by atoms with Crippen molar-refractivity contribution in [1.82, 2.24) is 0 Å². The van der Waals surface area contributed by atoms with Crippen molar-refractivity contribution in [3.63, 3.8) is 0 Å². The molecule has 34 heavy (non-hydrogen) atoms. The lowest BCUT2D eigenvalue weighted by Gasteiger charge is -2.27. The van der Waals surface area contributed by atoms with Gasteiger partial charge in [0.1, 0.15) is 0 Å². The number of rotatable bonds is 5. The fourth-order valence-corrected chi connectivity index (χ4v) is 4.08. The molecule has 1 atom stereocenters. The highest BCUT2D eigenvalue weighted by Gasteiger charge is 2.30. The van der Waals surface area contributed by atoms with Gasteiger partial charge in [0.15, 0.2) is 6.10 Å². The van der Waals surface area contributed by atoms with E-state index in [1.165, 1.54) is 0 Å². The zero-order valence-corrected chi connectivity index (χ0v) is 18.7. The molecule has 2 aliphatic rings. The number of fused-ring (bicyclic) bond motifs is 2. The van der Waals surface area contributed by atoms with Crippen molar-refractivity contribution < 1.29 is 19.2 Å². The monoisotopic (exact) mass is 450 g/mol. The van der Waals surface area contributed by atoms with Crippen molar-refractivity contribution in [1.29, 1.82) is 0 Å². The fourth-order valence-electron chi connectivity index (χ4n) is 4.08. The average Bonchev–Trinajstić information content (AvgIpc) is 3.34. The third kappa shape index (κ3) is 4.16. The van der Waals surface area contributed by atoms with Crippen LogP contribution >= 0.6 is 0 Å². The molecule has 2 aliphatic heterocycles. The van der Waals surface area contributed by atoms with Crippen LogP contribution < -0.4 is 4.90 Å². The van der Waals surface area contributed by atoms with Crippen LogP contribution in [0.2, 0.25) is 0 Å². The minimum absolute atomic E-state index is 0.118. The molecule has 1 unspecified atom stereocenters. The molecule has 0 saturated heterocycles. The molecule has 0 saturated carbocycles. The van der Waals surface area contributed by atoms with E-state index in [2.05, 4.69) is 17.0 Å². The first-order valence-corrected chi connectivity index (χ1v) is 11.2. The number of benzene rings is 3. The Balaban J connectivity index is 1.37. The second-order valence-corrected chi connectivity index (χ2v) is 8.00. The van der Waals surface area contributed by atoms with Crippen molar-refractivity contribution in [2.75, 3.05) is 18.1 Å². The Kier molecular flexibility index (Phi) is 5.84. The summed E-state index contributed by atoms with van der Waals surface area (Å²) in [6, 6.07) is 22.1. The third-order valence-electron chi connectivity index (χ3n) is 5.78. The topological polar surface area (TPSA) is 68.2 Å². The van der Waals surface area contributed by atoms with Gasteiger partial charge in [-0.2, -0.15) is 0 Å². The number of oxime groups is 1. The van der Waals surface area contributed by atoms with E-state index >= 15 is 0 Å². The quantitative estimate of drug-likeness (QED) is 0.426. The predicted octanol–water partition coefficient (Wildman–Crippen LogP) is 4.42. The lowest BCUT2D eigenvalue weighted by Crippen LogP contribution is -2.39. The Bertz CT molecular complexity index is 1350. The molecule has 5 rings (SSSR count). The Morgan fingerprint density at radius 1 is 1.03 bits per heavy atom. The SMILES string of the molecule is CCOC(=O)c1ccc(C2=NOC(CN3C(=O)c4ccccc4C#Cc4ccccc43)C2)cc1. The molecule has 0 bridgehead atoms. The molecule has 168 valence electrons. The van der Waals surface area contributed by atoms with E-state index in [0.717, 1.165) is 22.5 Å². The van der Waals surface area contributed by atoms with Gasteiger partial charge in [-0.05, 0) is 48.9 Å². The lowest BCUT2D eigenvalue weighted by atomic mass is 10.00. The summed E-state index contributed by atoms with van der Waals surface area (Å²) in [6.07, 6.45) is 0.231. The molecular formula is C28H22N2O4. The predicted molar refractivity (Wildman–Crippen MR) is 129 cm³/mol. The van der Waals surface area contributed by atoms with Crippen LogP contribution in [0.5, 0.6) is 0 Å². The minimum atomic E-state index is -0.353. The molecule has 1 amide bonds.